The Balaban J connectivity index is 1.85. The number of rotatable bonds is 4. The van der Waals surface area contributed by atoms with E-state index in [1.165, 1.54) is 4.88 Å². The topological polar surface area (TPSA) is 52.9 Å². The molecule has 1 heterocycles. The van der Waals surface area contributed by atoms with Gasteiger partial charge in [0, 0.05) is 15.3 Å². The first kappa shape index (κ1) is 17.1. The average molecular weight is 357 g/mol. The molecule has 1 aromatic heterocycles. The molecular weight excluding hydrogens is 336 g/mol. The van der Waals surface area contributed by atoms with Crippen LogP contribution in [0.1, 0.15) is 46.6 Å². The number of nitriles is 1. The van der Waals surface area contributed by atoms with Gasteiger partial charge in [-0.25, -0.2) is 0 Å². The van der Waals surface area contributed by atoms with E-state index in [9.17, 15) is 10.1 Å². The highest BCUT2D eigenvalue weighted by Gasteiger charge is 2.24. The molecule has 5 heteroatoms. The van der Waals surface area contributed by atoms with Crippen molar-refractivity contribution < 1.29 is 4.79 Å². The fourth-order valence-corrected chi connectivity index (χ4v) is 5.10. The monoisotopic (exact) mass is 356 g/mol. The predicted octanol–water partition coefficient (Wildman–Crippen LogP) is 5.11. The maximum absolute atomic E-state index is 12.6. The van der Waals surface area contributed by atoms with Crippen molar-refractivity contribution in [3.63, 3.8) is 0 Å². The summed E-state index contributed by atoms with van der Waals surface area (Å²) in [6.45, 7) is 4.33. The van der Waals surface area contributed by atoms with Crippen LogP contribution in [-0.4, -0.2) is 11.7 Å². The van der Waals surface area contributed by atoms with Crippen molar-refractivity contribution in [3.8, 4) is 6.07 Å². The lowest BCUT2D eigenvalue weighted by molar-refractivity contribution is 0.102. The fraction of sp³-hybridized carbons (Fsp3) is 0.368. The van der Waals surface area contributed by atoms with E-state index in [2.05, 4.69) is 25.2 Å². The van der Waals surface area contributed by atoms with E-state index in [1.807, 2.05) is 24.3 Å². The zero-order valence-electron chi connectivity index (χ0n) is 13.9. The third-order valence-corrected chi connectivity index (χ3v) is 6.30. The van der Waals surface area contributed by atoms with Gasteiger partial charge in [-0.05, 0) is 54.7 Å². The first-order valence-electron chi connectivity index (χ1n) is 8.21. The van der Waals surface area contributed by atoms with Crippen molar-refractivity contribution in [2.24, 2.45) is 5.92 Å². The second-order valence-corrected chi connectivity index (χ2v) is 8.53. The Hall–Kier alpha value is -1.77. The number of carbonyl (C=O) groups is 1. The summed E-state index contributed by atoms with van der Waals surface area (Å²) in [5, 5.41) is 13.2. The van der Waals surface area contributed by atoms with E-state index in [0.29, 0.717) is 22.0 Å². The molecule has 0 radical (unpaired) electrons. The Morgan fingerprint density at radius 3 is 3.08 bits per heavy atom. The predicted molar refractivity (Wildman–Crippen MR) is 101 cm³/mol. The second kappa shape index (κ2) is 7.42. The minimum atomic E-state index is -0.142. The van der Waals surface area contributed by atoms with E-state index in [0.717, 1.165) is 35.5 Å². The van der Waals surface area contributed by atoms with Gasteiger partial charge in [0.25, 0.3) is 5.91 Å². The van der Waals surface area contributed by atoms with Crippen molar-refractivity contribution in [1.29, 1.82) is 5.26 Å². The molecule has 1 aliphatic carbocycles. The van der Waals surface area contributed by atoms with Gasteiger partial charge in [0.15, 0.2) is 0 Å². The fourth-order valence-electron chi connectivity index (χ4n) is 3.03. The van der Waals surface area contributed by atoms with Crippen LogP contribution in [0, 0.1) is 17.2 Å². The van der Waals surface area contributed by atoms with Crippen molar-refractivity contribution in [3.05, 3.63) is 45.8 Å². The van der Waals surface area contributed by atoms with Gasteiger partial charge in [-0.2, -0.15) is 5.26 Å². The number of hydrogen-bond donors (Lipinski definition) is 1. The van der Waals surface area contributed by atoms with Crippen LogP contribution in [0.3, 0.4) is 0 Å². The molecule has 0 fully saturated rings. The summed E-state index contributed by atoms with van der Waals surface area (Å²) in [5.74, 6) is 1.48. The summed E-state index contributed by atoms with van der Waals surface area (Å²) in [5.41, 5.74) is 2.44. The molecule has 1 amide bonds. The highest BCUT2D eigenvalue weighted by Crippen LogP contribution is 2.39. The number of benzene rings is 1. The quantitative estimate of drug-likeness (QED) is 0.775. The van der Waals surface area contributed by atoms with Crippen LogP contribution < -0.4 is 5.32 Å². The van der Waals surface area contributed by atoms with Gasteiger partial charge >= 0.3 is 0 Å². The number of anilines is 1. The number of nitrogens with one attached hydrogen (secondary N) is 1. The SMILES string of the molecule is CCSc1cccc(C(=O)Nc2sc3c(c2C#N)CC[C@H](C)C3)c1. The molecule has 0 saturated heterocycles. The molecular formula is C19H20N2OS2. The van der Waals surface area contributed by atoms with Gasteiger partial charge in [-0.3, -0.25) is 4.79 Å². The van der Waals surface area contributed by atoms with Crippen LogP contribution in [0.5, 0.6) is 0 Å². The Labute approximate surface area is 151 Å². The Morgan fingerprint density at radius 1 is 1.50 bits per heavy atom. The summed E-state index contributed by atoms with van der Waals surface area (Å²) in [6, 6.07) is 9.94. The number of carbonyl (C=O) groups excluding carboxylic acids is 1. The standard InChI is InChI=1S/C19H20N2OS2/c1-3-23-14-6-4-5-13(10-14)18(22)21-19-16(11-20)15-8-7-12(2)9-17(15)24-19/h4-6,10,12H,3,7-9H2,1-2H3,(H,21,22)/t12-/m0/s1. The van der Waals surface area contributed by atoms with E-state index in [1.54, 1.807) is 23.1 Å². The number of amides is 1. The average Bonchev–Trinajstić information content (AvgIpc) is 2.91. The lowest BCUT2D eigenvalue weighted by atomic mass is 9.88. The molecule has 1 aromatic carbocycles. The first-order valence-corrected chi connectivity index (χ1v) is 10.0. The molecule has 0 saturated carbocycles. The van der Waals surface area contributed by atoms with Gasteiger partial charge in [0.05, 0.1) is 5.56 Å². The second-order valence-electron chi connectivity index (χ2n) is 6.08. The number of fused-ring (bicyclic) bond motifs is 1. The van der Waals surface area contributed by atoms with Crippen LogP contribution in [0.25, 0.3) is 0 Å². The summed E-state index contributed by atoms with van der Waals surface area (Å²) < 4.78 is 0. The molecule has 0 aliphatic heterocycles. The van der Waals surface area contributed by atoms with Gasteiger partial charge in [0.2, 0.25) is 0 Å². The number of thioether (sulfide) groups is 1. The molecule has 0 spiro atoms. The van der Waals surface area contributed by atoms with Gasteiger partial charge in [-0.1, -0.05) is 19.9 Å². The number of nitrogens with zero attached hydrogens (tertiary/aromatic N) is 1. The Bertz CT molecular complexity index is 804. The van der Waals surface area contributed by atoms with Crippen molar-refractivity contribution >= 4 is 34.0 Å². The van der Waals surface area contributed by atoms with Crippen LogP contribution in [-0.2, 0) is 12.8 Å². The van der Waals surface area contributed by atoms with E-state index >= 15 is 0 Å². The van der Waals surface area contributed by atoms with E-state index in [4.69, 9.17) is 0 Å². The number of thiophene rings is 1. The molecule has 1 aliphatic rings. The molecule has 2 aromatic rings. The van der Waals surface area contributed by atoms with Gasteiger partial charge in [0.1, 0.15) is 11.1 Å². The van der Waals surface area contributed by atoms with E-state index in [-0.39, 0.29) is 5.91 Å². The molecule has 1 N–H and O–H groups in total. The lowest BCUT2D eigenvalue weighted by Gasteiger charge is -2.17. The van der Waals surface area contributed by atoms with Crippen molar-refractivity contribution in [1.82, 2.24) is 0 Å². The first-order chi connectivity index (χ1) is 11.6. The molecule has 0 bridgehead atoms. The number of hydrogen-bond acceptors (Lipinski definition) is 4. The molecule has 3 rings (SSSR count). The normalized spacial score (nSPS) is 16.3. The van der Waals surface area contributed by atoms with Gasteiger partial charge in [-0.15, -0.1) is 23.1 Å². The largest absolute Gasteiger partial charge is 0.312 e. The Morgan fingerprint density at radius 2 is 2.33 bits per heavy atom. The summed E-state index contributed by atoms with van der Waals surface area (Å²) in [7, 11) is 0. The molecule has 3 nitrogen and oxygen atoms in total. The smallest absolute Gasteiger partial charge is 0.256 e. The highest BCUT2D eigenvalue weighted by atomic mass is 32.2. The third-order valence-electron chi connectivity index (χ3n) is 4.26. The van der Waals surface area contributed by atoms with Crippen LogP contribution in [0.2, 0.25) is 0 Å². The van der Waals surface area contributed by atoms with Crippen molar-refractivity contribution in [2.45, 2.75) is 38.0 Å². The molecule has 124 valence electrons. The lowest BCUT2D eigenvalue weighted by Crippen LogP contribution is -2.12. The molecule has 24 heavy (non-hydrogen) atoms. The minimum Gasteiger partial charge on any atom is -0.312 e. The van der Waals surface area contributed by atoms with Crippen molar-refractivity contribution in [2.75, 3.05) is 11.1 Å². The highest BCUT2D eigenvalue weighted by molar-refractivity contribution is 7.99. The third kappa shape index (κ3) is 3.50. The maximum atomic E-state index is 12.6. The molecule has 1 atom stereocenters. The zero-order chi connectivity index (χ0) is 17.1. The maximum Gasteiger partial charge on any atom is 0.256 e. The van der Waals surface area contributed by atoms with Crippen LogP contribution in [0.15, 0.2) is 29.2 Å². The zero-order valence-corrected chi connectivity index (χ0v) is 15.5. The van der Waals surface area contributed by atoms with Crippen LogP contribution in [0.4, 0.5) is 5.00 Å². The van der Waals surface area contributed by atoms with Crippen LogP contribution >= 0.6 is 23.1 Å². The van der Waals surface area contributed by atoms with E-state index < -0.39 is 0 Å². The summed E-state index contributed by atoms with van der Waals surface area (Å²) in [6.07, 6.45) is 3.06. The Kier molecular flexibility index (Phi) is 5.27. The summed E-state index contributed by atoms with van der Waals surface area (Å²) >= 11 is 3.28. The van der Waals surface area contributed by atoms with Gasteiger partial charge < -0.3 is 5.32 Å². The molecule has 0 unspecified atom stereocenters. The minimum absolute atomic E-state index is 0.142. The summed E-state index contributed by atoms with van der Waals surface area (Å²) in [4.78, 5) is 14.9.